The van der Waals surface area contributed by atoms with Crippen molar-refractivity contribution >= 4 is 5.82 Å². The summed E-state index contributed by atoms with van der Waals surface area (Å²) in [7, 11) is 0. The van der Waals surface area contributed by atoms with Gasteiger partial charge in [-0.1, -0.05) is 11.3 Å². The van der Waals surface area contributed by atoms with Crippen molar-refractivity contribution in [3.05, 3.63) is 48.3 Å². The fourth-order valence-electron chi connectivity index (χ4n) is 3.48. The highest BCUT2D eigenvalue weighted by Crippen LogP contribution is 2.29. The lowest BCUT2D eigenvalue weighted by Gasteiger charge is -2.09. The minimum atomic E-state index is -1.07. The van der Waals surface area contributed by atoms with Gasteiger partial charge in [-0.05, 0) is 41.5 Å². The van der Waals surface area contributed by atoms with Crippen LogP contribution in [-0.2, 0) is 11.3 Å². The van der Waals surface area contributed by atoms with Crippen molar-refractivity contribution in [3.63, 3.8) is 0 Å². The van der Waals surface area contributed by atoms with Crippen LogP contribution in [0.5, 0.6) is 0 Å². The number of halogens is 2. The van der Waals surface area contributed by atoms with Gasteiger partial charge in [-0.2, -0.15) is 4.68 Å². The third kappa shape index (κ3) is 3.61. The molecule has 0 spiro atoms. The first-order valence-corrected chi connectivity index (χ1v) is 9.61. The maximum Gasteiger partial charge on any atom is 0.190 e. The minimum absolute atomic E-state index is 0.114. The van der Waals surface area contributed by atoms with Crippen molar-refractivity contribution in [1.29, 1.82) is 0 Å². The van der Waals surface area contributed by atoms with Gasteiger partial charge in [0.05, 0.1) is 24.4 Å². The lowest BCUT2D eigenvalue weighted by atomic mass is 10.1. The molecule has 31 heavy (non-hydrogen) atoms. The third-order valence-electron chi connectivity index (χ3n) is 5.04. The van der Waals surface area contributed by atoms with E-state index in [2.05, 4.69) is 30.8 Å². The van der Waals surface area contributed by atoms with Gasteiger partial charge in [0.1, 0.15) is 17.2 Å². The van der Waals surface area contributed by atoms with Gasteiger partial charge >= 0.3 is 0 Å². The molecule has 158 valence electrons. The molecule has 0 aliphatic carbocycles. The van der Waals surface area contributed by atoms with Gasteiger partial charge in [0, 0.05) is 18.4 Å². The standard InChI is InChI=1S/C19H17F2N9O/c20-14-4-1-5-16(17(14)21)30-19(25-26-28-30)13-7-11(8-23-18(13)22)15-10-29(27-24-15)9-12-3-2-6-31-12/h1,4-5,7-8,10,12H,2-3,6,9H2,(H2,22,23)/t12-/m0/s1. The number of rotatable bonds is 5. The largest absolute Gasteiger partial charge is 0.383 e. The topological polar surface area (TPSA) is 122 Å². The molecule has 0 saturated carbocycles. The number of tetrazole rings is 1. The van der Waals surface area contributed by atoms with Crippen molar-refractivity contribution < 1.29 is 13.5 Å². The number of benzene rings is 1. The SMILES string of the molecule is Nc1ncc(-c2cn(C[C@@H]3CCCO3)nn2)cc1-c1nnnn1-c1cccc(F)c1F. The summed E-state index contributed by atoms with van der Waals surface area (Å²) >= 11 is 0. The summed E-state index contributed by atoms with van der Waals surface area (Å²) in [6, 6.07) is 5.42. The fraction of sp³-hybridized carbons (Fsp3) is 0.263. The minimum Gasteiger partial charge on any atom is -0.383 e. The normalized spacial score (nSPS) is 16.1. The van der Waals surface area contributed by atoms with E-state index in [0.29, 0.717) is 23.4 Å². The van der Waals surface area contributed by atoms with Crippen LogP contribution in [0.1, 0.15) is 12.8 Å². The van der Waals surface area contributed by atoms with Gasteiger partial charge < -0.3 is 10.5 Å². The molecule has 1 aromatic carbocycles. The first kappa shape index (κ1) is 19.2. The second-order valence-electron chi connectivity index (χ2n) is 7.10. The molecular formula is C19H17F2N9O. The Hall–Kier alpha value is -3.80. The van der Waals surface area contributed by atoms with Crippen LogP contribution in [0.15, 0.2) is 36.7 Å². The molecule has 0 amide bonds. The highest BCUT2D eigenvalue weighted by molar-refractivity contribution is 5.75. The highest BCUT2D eigenvalue weighted by atomic mass is 19.2. The zero-order valence-electron chi connectivity index (χ0n) is 16.2. The summed E-state index contributed by atoms with van der Waals surface area (Å²) in [6.07, 6.45) is 5.49. The molecule has 1 fully saturated rings. The van der Waals surface area contributed by atoms with Crippen LogP contribution in [0, 0.1) is 11.6 Å². The van der Waals surface area contributed by atoms with Crippen LogP contribution in [0.3, 0.4) is 0 Å². The molecule has 1 aliphatic heterocycles. The summed E-state index contributed by atoms with van der Waals surface area (Å²) < 4.78 is 36.4. The zero-order chi connectivity index (χ0) is 21.4. The first-order chi connectivity index (χ1) is 15.1. The molecule has 0 unspecified atom stereocenters. The number of nitrogen functional groups attached to an aromatic ring is 1. The van der Waals surface area contributed by atoms with E-state index in [-0.39, 0.29) is 23.4 Å². The molecule has 1 saturated heterocycles. The zero-order valence-corrected chi connectivity index (χ0v) is 16.2. The van der Waals surface area contributed by atoms with Crippen LogP contribution in [0.25, 0.3) is 28.3 Å². The predicted octanol–water partition coefficient (Wildman–Crippen LogP) is 2.02. The Bertz CT molecular complexity index is 1230. The smallest absolute Gasteiger partial charge is 0.190 e. The Morgan fingerprint density at radius 3 is 2.94 bits per heavy atom. The van der Waals surface area contributed by atoms with Crippen LogP contribution >= 0.6 is 0 Å². The molecule has 1 aliphatic rings. The lowest BCUT2D eigenvalue weighted by molar-refractivity contribution is 0.0935. The summed E-state index contributed by atoms with van der Waals surface area (Å²) in [4.78, 5) is 4.20. The average Bonchev–Trinajstić information content (AvgIpc) is 3.53. The second-order valence-corrected chi connectivity index (χ2v) is 7.10. The first-order valence-electron chi connectivity index (χ1n) is 9.61. The quantitative estimate of drug-likeness (QED) is 0.515. The van der Waals surface area contributed by atoms with Crippen LogP contribution in [0.4, 0.5) is 14.6 Å². The number of ether oxygens (including phenoxy) is 1. The van der Waals surface area contributed by atoms with E-state index in [1.54, 1.807) is 23.1 Å². The summed E-state index contributed by atoms with van der Waals surface area (Å²) in [6.45, 7) is 1.37. The molecule has 4 heterocycles. The predicted molar refractivity (Wildman–Crippen MR) is 105 cm³/mol. The van der Waals surface area contributed by atoms with Crippen molar-refractivity contribution in [2.24, 2.45) is 0 Å². The number of hydrogen-bond acceptors (Lipinski definition) is 8. The number of hydrogen-bond donors (Lipinski definition) is 1. The molecule has 3 aromatic heterocycles. The maximum atomic E-state index is 14.3. The molecule has 0 radical (unpaired) electrons. The average molecular weight is 425 g/mol. The summed E-state index contributed by atoms with van der Waals surface area (Å²) in [5.74, 6) is -1.84. The summed E-state index contributed by atoms with van der Waals surface area (Å²) in [5, 5.41) is 19.7. The van der Waals surface area contributed by atoms with E-state index in [0.717, 1.165) is 30.2 Å². The Labute approximate surface area is 174 Å². The van der Waals surface area contributed by atoms with Crippen LogP contribution in [-0.4, -0.2) is 52.9 Å². The van der Waals surface area contributed by atoms with Gasteiger partial charge in [0.25, 0.3) is 0 Å². The van der Waals surface area contributed by atoms with Crippen molar-refractivity contribution in [2.45, 2.75) is 25.5 Å². The van der Waals surface area contributed by atoms with E-state index < -0.39 is 11.6 Å². The Morgan fingerprint density at radius 2 is 2.10 bits per heavy atom. The van der Waals surface area contributed by atoms with Crippen molar-refractivity contribution in [2.75, 3.05) is 12.3 Å². The molecule has 5 rings (SSSR count). The molecule has 1 atom stereocenters. The van der Waals surface area contributed by atoms with E-state index in [9.17, 15) is 8.78 Å². The lowest BCUT2D eigenvalue weighted by Crippen LogP contribution is -2.15. The number of aromatic nitrogens is 8. The Kier molecular flexibility index (Phi) is 4.82. The van der Waals surface area contributed by atoms with Gasteiger partial charge in [-0.3, -0.25) is 0 Å². The fourth-order valence-corrected chi connectivity index (χ4v) is 3.48. The second kappa shape index (κ2) is 7.80. The molecule has 2 N–H and O–H groups in total. The van der Waals surface area contributed by atoms with E-state index in [4.69, 9.17) is 10.5 Å². The van der Waals surface area contributed by atoms with Gasteiger partial charge in [-0.25, -0.2) is 18.4 Å². The van der Waals surface area contributed by atoms with E-state index in [1.165, 1.54) is 12.1 Å². The van der Waals surface area contributed by atoms with Crippen molar-refractivity contribution in [1.82, 2.24) is 40.2 Å². The van der Waals surface area contributed by atoms with E-state index >= 15 is 0 Å². The molecule has 12 heteroatoms. The number of nitrogens with two attached hydrogens (primary N) is 1. The third-order valence-corrected chi connectivity index (χ3v) is 5.04. The molecule has 10 nitrogen and oxygen atoms in total. The van der Waals surface area contributed by atoms with Gasteiger partial charge in [0.15, 0.2) is 17.5 Å². The van der Waals surface area contributed by atoms with Crippen LogP contribution in [0.2, 0.25) is 0 Å². The summed E-state index contributed by atoms with van der Waals surface area (Å²) in [5.41, 5.74) is 7.44. The number of nitrogens with zero attached hydrogens (tertiary/aromatic N) is 8. The van der Waals surface area contributed by atoms with Crippen molar-refractivity contribution in [3.8, 4) is 28.3 Å². The van der Waals surface area contributed by atoms with Gasteiger partial charge in [-0.15, -0.1) is 10.2 Å². The Balaban J connectivity index is 1.50. The monoisotopic (exact) mass is 425 g/mol. The van der Waals surface area contributed by atoms with E-state index in [1.807, 2.05) is 0 Å². The Morgan fingerprint density at radius 1 is 1.19 bits per heavy atom. The van der Waals surface area contributed by atoms with Crippen LogP contribution < -0.4 is 5.73 Å². The molecule has 0 bridgehead atoms. The maximum absolute atomic E-state index is 14.3. The highest BCUT2D eigenvalue weighted by Gasteiger charge is 2.21. The van der Waals surface area contributed by atoms with Gasteiger partial charge in [0.2, 0.25) is 0 Å². The number of pyridine rings is 1. The molecule has 4 aromatic rings. The number of anilines is 1. The molecular weight excluding hydrogens is 408 g/mol.